The molecule has 15 heavy (non-hydrogen) atoms. The number of thioether (sulfide) groups is 1. The summed E-state index contributed by atoms with van der Waals surface area (Å²) in [6.45, 7) is 1.93. The van der Waals surface area contributed by atoms with Crippen LogP contribution in [0, 0.1) is 17.0 Å². The van der Waals surface area contributed by atoms with Crippen LogP contribution < -0.4 is 0 Å². The summed E-state index contributed by atoms with van der Waals surface area (Å²) < 4.78 is 0. The molecule has 4 nitrogen and oxygen atoms in total. The van der Waals surface area contributed by atoms with Gasteiger partial charge in [0.25, 0.3) is 5.69 Å². The molecule has 0 aliphatic rings. The van der Waals surface area contributed by atoms with Crippen LogP contribution in [0.25, 0.3) is 10.9 Å². The van der Waals surface area contributed by atoms with E-state index in [1.807, 2.05) is 19.2 Å². The fraction of sp³-hybridized carbons (Fsp3) is 0.200. The molecular weight excluding hydrogens is 212 g/mol. The topological polar surface area (TPSA) is 58.9 Å². The zero-order valence-corrected chi connectivity index (χ0v) is 9.22. The molecule has 2 aromatic rings. The predicted octanol–water partition coefficient (Wildman–Crippen LogP) is 3.11. The van der Waals surface area contributed by atoms with Crippen molar-refractivity contribution in [3.8, 4) is 0 Å². The third kappa shape index (κ3) is 1.48. The van der Waals surface area contributed by atoms with Crippen molar-refractivity contribution in [1.82, 2.24) is 4.98 Å². The standard InChI is InChI=1S/C10H10N2O2S/c1-6-10(15-2)9-7(11-6)4-3-5-8(9)12(13)14/h3-5,11H,1-2H3. The molecule has 0 aliphatic carbocycles. The first-order valence-electron chi connectivity index (χ1n) is 4.45. The molecule has 0 aliphatic heterocycles. The number of H-pyrrole nitrogens is 1. The van der Waals surface area contributed by atoms with E-state index in [4.69, 9.17) is 0 Å². The third-order valence-electron chi connectivity index (χ3n) is 2.33. The Hall–Kier alpha value is -1.49. The zero-order valence-electron chi connectivity index (χ0n) is 8.40. The lowest BCUT2D eigenvalue weighted by atomic mass is 10.2. The van der Waals surface area contributed by atoms with Crippen LogP contribution in [0.15, 0.2) is 23.1 Å². The van der Waals surface area contributed by atoms with Crippen LogP contribution in [0.5, 0.6) is 0 Å². The Morgan fingerprint density at radius 1 is 1.47 bits per heavy atom. The second-order valence-corrected chi connectivity index (χ2v) is 4.06. The largest absolute Gasteiger partial charge is 0.357 e. The highest BCUT2D eigenvalue weighted by Gasteiger charge is 2.18. The molecule has 2 rings (SSSR count). The Morgan fingerprint density at radius 3 is 2.80 bits per heavy atom. The summed E-state index contributed by atoms with van der Waals surface area (Å²) >= 11 is 1.53. The van der Waals surface area contributed by atoms with Gasteiger partial charge in [-0.05, 0) is 19.2 Å². The van der Waals surface area contributed by atoms with Crippen molar-refractivity contribution in [3.05, 3.63) is 34.0 Å². The van der Waals surface area contributed by atoms with Gasteiger partial charge in [0, 0.05) is 16.7 Å². The van der Waals surface area contributed by atoms with Gasteiger partial charge in [0.1, 0.15) is 0 Å². The van der Waals surface area contributed by atoms with E-state index in [0.29, 0.717) is 5.39 Å². The Balaban J connectivity index is 2.87. The third-order valence-corrected chi connectivity index (χ3v) is 3.25. The van der Waals surface area contributed by atoms with Gasteiger partial charge in [-0.2, -0.15) is 0 Å². The number of nitrogens with one attached hydrogen (secondary N) is 1. The lowest BCUT2D eigenvalue weighted by Gasteiger charge is -1.96. The number of hydrogen-bond donors (Lipinski definition) is 1. The lowest BCUT2D eigenvalue weighted by molar-refractivity contribution is -0.383. The fourth-order valence-electron chi connectivity index (χ4n) is 1.74. The highest BCUT2D eigenvalue weighted by atomic mass is 32.2. The minimum absolute atomic E-state index is 0.168. The number of aromatic nitrogens is 1. The maximum Gasteiger partial charge on any atom is 0.279 e. The van der Waals surface area contributed by atoms with Crippen LogP contribution in [0.2, 0.25) is 0 Å². The van der Waals surface area contributed by atoms with Crippen LogP contribution in [0.3, 0.4) is 0 Å². The van der Waals surface area contributed by atoms with Crippen molar-refractivity contribution in [2.24, 2.45) is 0 Å². The number of benzene rings is 1. The molecule has 0 amide bonds. The molecular formula is C10H10N2O2S. The number of aromatic amines is 1. The number of rotatable bonds is 2. The second-order valence-electron chi connectivity index (χ2n) is 3.24. The van der Waals surface area contributed by atoms with E-state index < -0.39 is 0 Å². The number of nitrogens with zero attached hydrogens (tertiary/aromatic N) is 1. The van der Waals surface area contributed by atoms with Gasteiger partial charge in [0.05, 0.1) is 15.8 Å². The first kappa shape index (κ1) is 10.0. The molecule has 0 radical (unpaired) electrons. The molecule has 1 aromatic heterocycles. The van der Waals surface area contributed by atoms with E-state index in [1.165, 1.54) is 17.8 Å². The van der Waals surface area contributed by atoms with E-state index >= 15 is 0 Å². The summed E-state index contributed by atoms with van der Waals surface area (Å²) in [6, 6.07) is 5.09. The van der Waals surface area contributed by atoms with Gasteiger partial charge in [0.2, 0.25) is 0 Å². The maximum absolute atomic E-state index is 10.9. The predicted molar refractivity (Wildman–Crippen MR) is 61.5 cm³/mol. The number of nitro benzene ring substituents is 1. The quantitative estimate of drug-likeness (QED) is 0.482. The van der Waals surface area contributed by atoms with Gasteiger partial charge in [-0.25, -0.2) is 0 Å². The van der Waals surface area contributed by atoms with Crippen molar-refractivity contribution in [2.45, 2.75) is 11.8 Å². The van der Waals surface area contributed by atoms with Crippen LogP contribution in [0.4, 0.5) is 5.69 Å². The number of fused-ring (bicyclic) bond motifs is 1. The number of non-ortho nitro benzene ring substituents is 1. The normalized spacial score (nSPS) is 10.8. The van der Waals surface area contributed by atoms with Gasteiger partial charge < -0.3 is 4.98 Å². The number of hydrogen-bond acceptors (Lipinski definition) is 3. The minimum atomic E-state index is -0.338. The average Bonchev–Trinajstić information content (AvgIpc) is 2.52. The molecule has 78 valence electrons. The van der Waals surface area contributed by atoms with E-state index in [2.05, 4.69) is 4.98 Å². The van der Waals surface area contributed by atoms with Gasteiger partial charge in [-0.15, -0.1) is 11.8 Å². The molecule has 0 atom stereocenters. The van der Waals surface area contributed by atoms with Crippen molar-refractivity contribution in [3.63, 3.8) is 0 Å². The SMILES string of the molecule is CSc1c(C)[nH]c2cccc([N+](=O)[O-])c12. The molecule has 0 saturated carbocycles. The molecule has 0 unspecified atom stereocenters. The molecule has 1 N–H and O–H groups in total. The lowest BCUT2D eigenvalue weighted by Crippen LogP contribution is -1.88. The highest BCUT2D eigenvalue weighted by molar-refractivity contribution is 7.98. The monoisotopic (exact) mass is 222 g/mol. The maximum atomic E-state index is 10.9. The van der Waals surface area contributed by atoms with Gasteiger partial charge in [-0.1, -0.05) is 6.07 Å². The van der Waals surface area contributed by atoms with Gasteiger partial charge in [-0.3, -0.25) is 10.1 Å². The Morgan fingerprint density at radius 2 is 2.20 bits per heavy atom. The summed E-state index contributed by atoms with van der Waals surface area (Å²) in [5.41, 5.74) is 1.97. The van der Waals surface area contributed by atoms with Gasteiger partial charge in [0.15, 0.2) is 0 Å². The van der Waals surface area contributed by atoms with Crippen molar-refractivity contribution >= 4 is 28.4 Å². The summed E-state index contributed by atoms with van der Waals surface area (Å²) in [5.74, 6) is 0. The van der Waals surface area contributed by atoms with E-state index in [0.717, 1.165) is 16.1 Å². The Kier molecular flexibility index (Phi) is 2.40. The molecule has 0 spiro atoms. The zero-order chi connectivity index (χ0) is 11.0. The first-order valence-corrected chi connectivity index (χ1v) is 5.67. The van der Waals surface area contributed by atoms with E-state index in [1.54, 1.807) is 6.07 Å². The van der Waals surface area contributed by atoms with Crippen LogP contribution in [0.1, 0.15) is 5.69 Å². The van der Waals surface area contributed by atoms with Gasteiger partial charge >= 0.3 is 0 Å². The van der Waals surface area contributed by atoms with Crippen molar-refractivity contribution in [2.75, 3.05) is 6.26 Å². The van der Waals surface area contributed by atoms with E-state index in [-0.39, 0.29) is 10.6 Å². The average molecular weight is 222 g/mol. The summed E-state index contributed by atoms with van der Waals surface area (Å²) in [7, 11) is 0. The second kappa shape index (κ2) is 3.58. The minimum Gasteiger partial charge on any atom is -0.357 e. The fourth-order valence-corrected chi connectivity index (χ4v) is 2.51. The van der Waals surface area contributed by atoms with Crippen molar-refractivity contribution < 1.29 is 4.92 Å². The number of aryl methyl sites for hydroxylation is 1. The van der Waals surface area contributed by atoms with Crippen LogP contribution in [-0.2, 0) is 0 Å². The first-order chi connectivity index (χ1) is 7.15. The molecule has 0 fully saturated rings. The summed E-state index contributed by atoms with van der Waals surface area (Å²) in [4.78, 5) is 14.6. The summed E-state index contributed by atoms with van der Waals surface area (Å²) in [6.07, 6.45) is 1.92. The molecule has 0 bridgehead atoms. The molecule has 1 aromatic carbocycles. The van der Waals surface area contributed by atoms with E-state index in [9.17, 15) is 10.1 Å². The molecule has 5 heteroatoms. The molecule has 0 saturated heterocycles. The van der Waals surface area contributed by atoms with Crippen LogP contribution in [-0.4, -0.2) is 16.2 Å². The van der Waals surface area contributed by atoms with Crippen molar-refractivity contribution in [1.29, 1.82) is 0 Å². The van der Waals surface area contributed by atoms with Crippen LogP contribution >= 0.6 is 11.8 Å². The number of nitro groups is 1. The molecule has 1 heterocycles. The smallest absolute Gasteiger partial charge is 0.279 e. The highest BCUT2D eigenvalue weighted by Crippen LogP contribution is 2.35. The Labute approximate surface area is 90.8 Å². The Bertz CT molecular complexity index is 533. The summed E-state index contributed by atoms with van der Waals surface area (Å²) in [5, 5.41) is 11.6.